The molecule has 0 saturated heterocycles. The van der Waals surface area contributed by atoms with E-state index in [4.69, 9.17) is 14.2 Å². The maximum atomic E-state index is 12.2. The van der Waals surface area contributed by atoms with E-state index < -0.39 is 5.97 Å². The molecule has 0 unspecified atom stereocenters. The van der Waals surface area contributed by atoms with E-state index in [0.717, 1.165) is 14.7 Å². The third kappa shape index (κ3) is 3.96. The lowest BCUT2D eigenvalue weighted by atomic mass is 10.1. The van der Waals surface area contributed by atoms with Gasteiger partial charge < -0.3 is 14.2 Å². The number of benzene rings is 2. The second-order valence-corrected chi connectivity index (χ2v) is 6.49. The molecule has 1 aliphatic heterocycles. The van der Waals surface area contributed by atoms with Crippen LogP contribution in [0.5, 0.6) is 11.5 Å². The molecule has 2 aromatic rings. The summed E-state index contributed by atoms with van der Waals surface area (Å²) in [6.07, 6.45) is 3.32. The lowest BCUT2D eigenvalue weighted by Crippen LogP contribution is -2.06. The van der Waals surface area contributed by atoms with Crippen molar-refractivity contribution < 1.29 is 19.0 Å². The van der Waals surface area contributed by atoms with Crippen LogP contribution in [0.1, 0.15) is 11.1 Å². The summed E-state index contributed by atoms with van der Waals surface area (Å²) in [6, 6.07) is 13.0. The first-order valence-electron chi connectivity index (χ1n) is 7.81. The molecule has 6 heteroatoms. The quantitative estimate of drug-likeness (QED) is 0.280. The Labute approximate surface area is 165 Å². The van der Waals surface area contributed by atoms with E-state index in [-0.39, 0.29) is 5.70 Å². The number of aliphatic imine (C=N–C) groups is 1. The smallest absolute Gasteiger partial charge is 0.363 e. The average molecular weight is 461 g/mol. The van der Waals surface area contributed by atoms with E-state index in [0.29, 0.717) is 24.0 Å². The van der Waals surface area contributed by atoms with Gasteiger partial charge in [-0.05, 0) is 58.5 Å². The Morgan fingerprint density at radius 1 is 1.23 bits per heavy atom. The van der Waals surface area contributed by atoms with Gasteiger partial charge in [0.2, 0.25) is 5.90 Å². The molecular weight excluding hydrogens is 445 g/mol. The summed E-state index contributed by atoms with van der Waals surface area (Å²) >= 11 is 2.18. The van der Waals surface area contributed by atoms with E-state index in [9.17, 15) is 4.79 Å². The highest BCUT2D eigenvalue weighted by Crippen LogP contribution is 2.30. The number of carbonyl (C=O) groups is 1. The molecule has 1 heterocycles. The van der Waals surface area contributed by atoms with Crippen molar-refractivity contribution in [2.75, 3.05) is 13.7 Å². The maximum Gasteiger partial charge on any atom is 0.363 e. The number of hydrogen-bond donors (Lipinski definition) is 0. The minimum atomic E-state index is -0.481. The molecule has 0 amide bonds. The van der Waals surface area contributed by atoms with E-state index in [1.807, 2.05) is 30.3 Å². The van der Waals surface area contributed by atoms with Gasteiger partial charge in [-0.15, -0.1) is 0 Å². The van der Waals surface area contributed by atoms with Crippen molar-refractivity contribution in [2.45, 2.75) is 0 Å². The molecule has 0 fully saturated rings. The van der Waals surface area contributed by atoms with Crippen LogP contribution in [-0.2, 0) is 9.53 Å². The summed E-state index contributed by atoms with van der Waals surface area (Å²) in [4.78, 5) is 16.5. The van der Waals surface area contributed by atoms with Gasteiger partial charge in [-0.25, -0.2) is 9.79 Å². The van der Waals surface area contributed by atoms with Crippen molar-refractivity contribution >= 4 is 40.5 Å². The first-order chi connectivity index (χ1) is 12.6. The van der Waals surface area contributed by atoms with Crippen LogP contribution in [-0.4, -0.2) is 25.6 Å². The highest BCUT2D eigenvalue weighted by atomic mass is 127. The van der Waals surface area contributed by atoms with Crippen molar-refractivity contribution in [1.82, 2.24) is 0 Å². The molecule has 3 rings (SSSR count). The standard InChI is InChI=1S/C20H16INO4/c1-3-10-25-17-9-8-13(12-18(17)24-2)11-16-20(23)26-19(22-16)14-6-4-5-7-15(14)21/h3-9,11-12H,1,10H2,2H3/b16-11+. The molecule has 0 aromatic heterocycles. The molecule has 5 nitrogen and oxygen atoms in total. The SMILES string of the molecule is C=CCOc1ccc(/C=C2/N=C(c3ccccc3I)OC2=O)cc1OC. The Balaban J connectivity index is 1.91. The van der Waals surface area contributed by atoms with Gasteiger partial charge in [0.1, 0.15) is 6.61 Å². The van der Waals surface area contributed by atoms with Crippen LogP contribution in [0.2, 0.25) is 0 Å². The van der Waals surface area contributed by atoms with Crippen LogP contribution >= 0.6 is 22.6 Å². The monoisotopic (exact) mass is 461 g/mol. The fraction of sp³-hybridized carbons (Fsp3) is 0.100. The van der Waals surface area contributed by atoms with E-state index in [1.54, 1.807) is 31.4 Å². The van der Waals surface area contributed by atoms with Gasteiger partial charge in [0, 0.05) is 3.57 Å². The zero-order chi connectivity index (χ0) is 18.5. The second kappa shape index (κ2) is 8.18. The molecule has 1 aliphatic rings. The summed E-state index contributed by atoms with van der Waals surface area (Å²) in [7, 11) is 1.56. The summed E-state index contributed by atoms with van der Waals surface area (Å²) in [5.41, 5.74) is 1.78. The van der Waals surface area contributed by atoms with Crippen molar-refractivity contribution in [2.24, 2.45) is 4.99 Å². The molecule has 0 spiro atoms. The van der Waals surface area contributed by atoms with Crippen LogP contribution in [0, 0.1) is 3.57 Å². The zero-order valence-corrected chi connectivity index (χ0v) is 16.2. The molecule has 0 aliphatic carbocycles. The Hall–Kier alpha value is -2.61. The van der Waals surface area contributed by atoms with Crippen molar-refractivity contribution in [3.8, 4) is 11.5 Å². The summed E-state index contributed by atoms with van der Waals surface area (Å²) in [5, 5.41) is 0. The number of cyclic esters (lactones) is 1. The van der Waals surface area contributed by atoms with Crippen molar-refractivity contribution in [3.05, 3.63) is 75.5 Å². The average Bonchev–Trinajstić information content (AvgIpc) is 3.01. The minimum absolute atomic E-state index is 0.237. The highest BCUT2D eigenvalue weighted by molar-refractivity contribution is 14.1. The maximum absolute atomic E-state index is 12.2. The summed E-state index contributed by atoms with van der Waals surface area (Å²) in [5.74, 6) is 0.996. The first-order valence-corrected chi connectivity index (χ1v) is 8.89. The van der Waals surface area contributed by atoms with Crippen molar-refractivity contribution in [1.29, 1.82) is 0 Å². The van der Waals surface area contributed by atoms with Gasteiger partial charge in [0.05, 0.1) is 12.7 Å². The minimum Gasteiger partial charge on any atom is -0.493 e. The third-order valence-electron chi connectivity index (χ3n) is 3.57. The number of rotatable bonds is 6. The Morgan fingerprint density at radius 2 is 2.04 bits per heavy atom. The normalized spacial score (nSPS) is 14.8. The fourth-order valence-electron chi connectivity index (χ4n) is 2.36. The fourth-order valence-corrected chi connectivity index (χ4v) is 2.98. The molecule has 0 bridgehead atoms. The number of halogens is 1. The number of hydrogen-bond acceptors (Lipinski definition) is 5. The van der Waals surface area contributed by atoms with Crippen LogP contribution < -0.4 is 9.47 Å². The zero-order valence-electron chi connectivity index (χ0n) is 14.1. The van der Waals surface area contributed by atoms with Gasteiger partial charge in [0.25, 0.3) is 0 Å². The number of methoxy groups -OCH3 is 1. The predicted octanol–water partition coefficient (Wildman–Crippen LogP) is 4.21. The van der Waals surface area contributed by atoms with Gasteiger partial charge in [-0.3, -0.25) is 0 Å². The number of carbonyl (C=O) groups excluding carboxylic acids is 1. The molecule has 26 heavy (non-hydrogen) atoms. The Morgan fingerprint density at radius 3 is 2.77 bits per heavy atom. The topological polar surface area (TPSA) is 57.1 Å². The molecular formula is C20H16INO4. The van der Waals surface area contributed by atoms with Gasteiger partial charge >= 0.3 is 5.97 Å². The van der Waals surface area contributed by atoms with Gasteiger partial charge in [0.15, 0.2) is 17.2 Å². The van der Waals surface area contributed by atoms with Crippen LogP contribution in [0.15, 0.2) is 65.8 Å². The van der Waals surface area contributed by atoms with E-state index in [1.165, 1.54) is 0 Å². The molecule has 2 aromatic carbocycles. The summed E-state index contributed by atoms with van der Waals surface area (Å²) < 4.78 is 17.1. The van der Waals surface area contributed by atoms with Crippen LogP contribution in [0.3, 0.4) is 0 Å². The van der Waals surface area contributed by atoms with E-state index >= 15 is 0 Å². The Bertz CT molecular complexity index is 918. The number of nitrogens with zero attached hydrogens (tertiary/aromatic N) is 1. The lowest BCUT2D eigenvalue weighted by Gasteiger charge is -2.09. The molecule has 0 radical (unpaired) electrons. The van der Waals surface area contributed by atoms with Crippen LogP contribution in [0.25, 0.3) is 6.08 Å². The first kappa shape index (κ1) is 18.2. The van der Waals surface area contributed by atoms with Gasteiger partial charge in [-0.1, -0.05) is 30.9 Å². The number of esters is 1. The van der Waals surface area contributed by atoms with Gasteiger partial charge in [-0.2, -0.15) is 0 Å². The molecule has 0 saturated carbocycles. The molecule has 132 valence electrons. The molecule has 0 N–H and O–H groups in total. The largest absolute Gasteiger partial charge is 0.493 e. The third-order valence-corrected chi connectivity index (χ3v) is 4.51. The van der Waals surface area contributed by atoms with Crippen LogP contribution in [0.4, 0.5) is 0 Å². The molecule has 0 atom stereocenters. The second-order valence-electron chi connectivity index (χ2n) is 5.33. The van der Waals surface area contributed by atoms with Crippen molar-refractivity contribution in [3.63, 3.8) is 0 Å². The lowest BCUT2D eigenvalue weighted by molar-refractivity contribution is -0.129. The number of ether oxygens (including phenoxy) is 3. The predicted molar refractivity (Wildman–Crippen MR) is 108 cm³/mol. The van der Waals surface area contributed by atoms with E-state index in [2.05, 4.69) is 34.2 Å². The Kier molecular flexibility index (Phi) is 5.72. The summed E-state index contributed by atoms with van der Waals surface area (Å²) in [6.45, 7) is 4.00. The highest BCUT2D eigenvalue weighted by Gasteiger charge is 2.25.